The van der Waals surface area contributed by atoms with Gasteiger partial charge < -0.3 is 25.3 Å². The van der Waals surface area contributed by atoms with Gasteiger partial charge >= 0.3 is 11.9 Å². The minimum absolute atomic E-state index is 0.00921. The number of nitrogens with one attached hydrogen (secondary N) is 3. The first-order chi connectivity index (χ1) is 16.3. The minimum atomic E-state index is -1.06. The average molecular weight is 556 g/mol. The number of carbonyl (C=O) groups excluding carboxylic acids is 1. The third kappa shape index (κ3) is 5.90. The molecule has 3 rings (SSSR count). The average Bonchev–Trinajstić information content (AvgIpc) is 2.79. The van der Waals surface area contributed by atoms with Crippen molar-refractivity contribution in [2.45, 2.75) is 19.0 Å². The summed E-state index contributed by atoms with van der Waals surface area (Å²) in [6.45, 7) is 2.39. The Bertz CT molecular complexity index is 1070. The van der Waals surface area contributed by atoms with Crippen LogP contribution in [0.25, 0.3) is 0 Å². The van der Waals surface area contributed by atoms with Crippen LogP contribution < -0.4 is 5.32 Å². The summed E-state index contributed by atoms with van der Waals surface area (Å²) in [5, 5.41) is 28.1. The van der Waals surface area contributed by atoms with Gasteiger partial charge in [0.1, 0.15) is 22.9 Å². The van der Waals surface area contributed by atoms with Crippen molar-refractivity contribution in [2.24, 2.45) is 4.99 Å². The number of nitrogens with zero attached hydrogens (tertiary/aromatic N) is 2. The number of hydrogen-bond acceptors (Lipinski definition) is 10. The van der Waals surface area contributed by atoms with Crippen molar-refractivity contribution < 1.29 is 28.6 Å². The van der Waals surface area contributed by atoms with Crippen LogP contribution in [0.15, 0.2) is 38.9 Å². The van der Waals surface area contributed by atoms with E-state index in [1.807, 2.05) is 0 Å². The maximum atomic E-state index is 13.8. The zero-order valence-electron chi connectivity index (χ0n) is 18.1. The summed E-state index contributed by atoms with van der Waals surface area (Å²) >= 11 is 4.14. The molecule has 0 bridgehead atoms. The monoisotopic (exact) mass is 555 g/mol. The van der Waals surface area contributed by atoms with Crippen LogP contribution in [0.3, 0.4) is 0 Å². The molecule has 13 heteroatoms. The van der Waals surface area contributed by atoms with Gasteiger partial charge in [0.2, 0.25) is 0 Å². The SMILES string of the molecule is CCOC(=O)C1=C(CN2CCOCC2C(=O)O)NC(C(=N)SC=N)=NC1c1ccc(F)cc1Br. The number of esters is 1. The molecule has 0 amide bonds. The number of carboxylic acids is 1. The second-order valence-corrected chi connectivity index (χ2v) is 8.98. The van der Waals surface area contributed by atoms with Gasteiger partial charge in [0, 0.05) is 23.3 Å². The van der Waals surface area contributed by atoms with Gasteiger partial charge in [-0.05, 0) is 24.6 Å². The molecule has 182 valence electrons. The van der Waals surface area contributed by atoms with Gasteiger partial charge in [0.15, 0.2) is 5.84 Å². The van der Waals surface area contributed by atoms with Gasteiger partial charge in [-0.2, -0.15) is 0 Å². The van der Waals surface area contributed by atoms with Crippen molar-refractivity contribution in [3.63, 3.8) is 0 Å². The van der Waals surface area contributed by atoms with E-state index in [4.69, 9.17) is 20.3 Å². The number of amidine groups is 1. The highest BCUT2D eigenvalue weighted by Gasteiger charge is 2.37. The fraction of sp³-hybridized carbons (Fsp3) is 0.381. The maximum absolute atomic E-state index is 13.8. The Morgan fingerprint density at radius 3 is 2.91 bits per heavy atom. The van der Waals surface area contributed by atoms with Crippen LogP contribution in [0.2, 0.25) is 0 Å². The lowest BCUT2D eigenvalue weighted by Crippen LogP contribution is -2.52. The standard InChI is InChI=1S/C21H23BrFN5O5S/c1-2-33-21(31)16-14(8-28-5-6-32-9-15(28)20(29)30)26-19(18(25)34-10-24)27-17(16)12-4-3-11(23)7-13(12)22/h3-4,7,10,15,17,24-25H,2,5-6,8-9H2,1H3,(H,26,27)(H,29,30). The van der Waals surface area contributed by atoms with Gasteiger partial charge in [-0.1, -0.05) is 33.8 Å². The molecule has 0 saturated carbocycles. The first-order valence-electron chi connectivity index (χ1n) is 10.3. The second kappa shape index (κ2) is 11.7. The fourth-order valence-electron chi connectivity index (χ4n) is 3.61. The molecule has 2 aliphatic heterocycles. The van der Waals surface area contributed by atoms with E-state index in [2.05, 4.69) is 26.2 Å². The van der Waals surface area contributed by atoms with E-state index in [0.717, 1.165) is 17.3 Å². The van der Waals surface area contributed by atoms with Crippen LogP contribution in [0, 0.1) is 16.6 Å². The fourth-order valence-corrected chi connectivity index (χ4v) is 4.51. The summed E-state index contributed by atoms with van der Waals surface area (Å²) in [7, 11) is 0. The lowest BCUT2D eigenvalue weighted by atomic mass is 9.95. The molecular formula is C21H23BrFN5O5S. The Hall–Kier alpha value is -2.61. The Morgan fingerprint density at radius 2 is 2.26 bits per heavy atom. The smallest absolute Gasteiger partial charge is 0.338 e. The van der Waals surface area contributed by atoms with Gasteiger partial charge in [-0.25, -0.2) is 9.18 Å². The quantitative estimate of drug-likeness (QED) is 0.217. The Balaban J connectivity index is 2.14. The molecule has 1 saturated heterocycles. The van der Waals surface area contributed by atoms with E-state index in [1.54, 1.807) is 11.8 Å². The number of halogens is 2. The first-order valence-corrected chi connectivity index (χ1v) is 11.9. The maximum Gasteiger partial charge on any atom is 0.338 e. The molecule has 1 aromatic carbocycles. The lowest BCUT2D eigenvalue weighted by molar-refractivity contribution is -0.149. The lowest BCUT2D eigenvalue weighted by Gasteiger charge is -2.35. The molecule has 0 spiro atoms. The number of ether oxygens (including phenoxy) is 2. The largest absolute Gasteiger partial charge is 0.480 e. The predicted octanol–water partition coefficient (Wildman–Crippen LogP) is 2.55. The summed E-state index contributed by atoms with van der Waals surface area (Å²) in [6.07, 6.45) is 0. The van der Waals surface area contributed by atoms with Crippen molar-refractivity contribution in [2.75, 3.05) is 32.9 Å². The number of carbonyl (C=O) groups is 2. The van der Waals surface area contributed by atoms with E-state index in [9.17, 15) is 19.1 Å². The van der Waals surface area contributed by atoms with E-state index in [0.29, 0.717) is 28.9 Å². The van der Waals surface area contributed by atoms with Crippen molar-refractivity contribution in [3.05, 3.63) is 45.3 Å². The van der Waals surface area contributed by atoms with Crippen LogP contribution >= 0.6 is 27.7 Å². The molecule has 1 aromatic rings. The Morgan fingerprint density at radius 1 is 1.50 bits per heavy atom. The highest BCUT2D eigenvalue weighted by molar-refractivity contribution is 9.10. The molecule has 34 heavy (non-hydrogen) atoms. The minimum Gasteiger partial charge on any atom is -0.480 e. The molecule has 0 aliphatic carbocycles. The first kappa shape index (κ1) is 26.0. The van der Waals surface area contributed by atoms with Crippen LogP contribution in [-0.4, -0.2) is 77.3 Å². The van der Waals surface area contributed by atoms with Crippen molar-refractivity contribution in [1.82, 2.24) is 10.2 Å². The van der Waals surface area contributed by atoms with Crippen molar-refractivity contribution in [3.8, 4) is 0 Å². The van der Waals surface area contributed by atoms with E-state index >= 15 is 0 Å². The van der Waals surface area contributed by atoms with Gasteiger partial charge in [0.05, 0.1) is 30.9 Å². The van der Waals surface area contributed by atoms with E-state index < -0.39 is 29.8 Å². The summed E-state index contributed by atoms with van der Waals surface area (Å²) in [4.78, 5) is 31.0. The summed E-state index contributed by atoms with van der Waals surface area (Å²) < 4.78 is 24.7. The normalized spacial score (nSPS) is 20.9. The van der Waals surface area contributed by atoms with Gasteiger partial charge in [0.25, 0.3) is 0 Å². The molecule has 0 radical (unpaired) electrons. The third-order valence-corrected chi connectivity index (χ3v) is 6.39. The van der Waals surface area contributed by atoms with Crippen LogP contribution in [-0.2, 0) is 19.1 Å². The number of benzene rings is 1. The summed E-state index contributed by atoms with van der Waals surface area (Å²) in [6, 6.07) is 2.07. The molecular weight excluding hydrogens is 533 g/mol. The molecule has 10 nitrogen and oxygen atoms in total. The highest BCUT2D eigenvalue weighted by atomic mass is 79.9. The zero-order chi connectivity index (χ0) is 24.8. The molecule has 4 N–H and O–H groups in total. The molecule has 2 atom stereocenters. The number of aliphatic carboxylic acids is 1. The van der Waals surface area contributed by atoms with E-state index in [-0.39, 0.29) is 36.2 Å². The number of thioether (sulfide) groups is 1. The van der Waals surface area contributed by atoms with Crippen LogP contribution in [0.5, 0.6) is 0 Å². The number of aliphatic imine (C=N–C) groups is 1. The second-order valence-electron chi connectivity index (χ2n) is 7.25. The van der Waals surface area contributed by atoms with Gasteiger partial charge in [-0.15, -0.1) is 0 Å². The number of carboxylic acid groups (broad SMARTS) is 1. The van der Waals surface area contributed by atoms with Gasteiger partial charge in [-0.3, -0.25) is 20.1 Å². The third-order valence-electron chi connectivity index (χ3n) is 5.16. The molecule has 2 unspecified atom stereocenters. The molecule has 2 heterocycles. The topological polar surface area (TPSA) is 148 Å². The number of hydrogen-bond donors (Lipinski definition) is 4. The Labute approximate surface area is 207 Å². The van der Waals surface area contributed by atoms with Crippen molar-refractivity contribution in [1.29, 1.82) is 10.8 Å². The molecule has 2 aliphatic rings. The zero-order valence-corrected chi connectivity index (χ0v) is 20.5. The highest BCUT2D eigenvalue weighted by Crippen LogP contribution is 2.36. The van der Waals surface area contributed by atoms with E-state index in [1.165, 1.54) is 18.2 Å². The predicted molar refractivity (Wildman–Crippen MR) is 129 cm³/mol. The molecule has 1 fully saturated rings. The Kier molecular flexibility index (Phi) is 8.94. The number of morpholine rings is 1. The van der Waals surface area contributed by atoms with Crippen LogP contribution in [0.1, 0.15) is 18.5 Å². The summed E-state index contributed by atoms with van der Waals surface area (Å²) in [5.74, 6) is -2.12. The van der Waals surface area contributed by atoms with Crippen molar-refractivity contribution >= 4 is 56.1 Å². The summed E-state index contributed by atoms with van der Waals surface area (Å²) in [5.41, 5.74) is 1.88. The molecule has 0 aromatic heterocycles. The van der Waals surface area contributed by atoms with Crippen LogP contribution in [0.4, 0.5) is 4.39 Å². The number of rotatable bonds is 8.